The van der Waals surface area contributed by atoms with Gasteiger partial charge in [0.25, 0.3) is 5.69 Å². The normalized spacial score (nSPS) is 17.5. The van der Waals surface area contributed by atoms with Crippen LogP contribution in [0.4, 0.5) is 5.69 Å². The summed E-state index contributed by atoms with van der Waals surface area (Å²) in [4.78, 5) is 24.5. The van der Waals surface area contributed by atoms with E-state index < -0.39 is 4.92 Å². The Balaban J connectivity index is 2.01. The smallest absolute Gasteiger partial charge is 0.280 e. The zero-order chi connectivity index (χ0) is 14.1. The summed E-state index contributed by atoms with van der Waals surface area (Å²) < 4.78 is 0. The van der Waals surface area contributed by atoms with E-state index in [-0.39, 0.29) is 23.0 Å². The van der Waals surface area contributed by atoms with Crippen molar-refractivity contribution in [2.24, 2.45) is 0 Å². The first-order valence-electron chi connectivity index (χ1n) is 6.52. The molecular formula is C15H13NO3S. The summed E-state index contributed by atoms with van der Waals surface area (Å²) in [5.41, 5.74) is 1.19. The van der Waals surface area contributed by atoms with Crippen molar-refractivity contribution in [2.75, 3.05) is 0 Å². The van der Waals surface area contributed by atoms with Crippen molar-refractivity contribution in [1.29, 1.82) is 0 Å². The zero-order valence-electron chi connectivity index (χ0n) is 10.7. The highest BCUT2D eigenvalue weighted by atomic mass is 32.1. The maximum atomic E-state index is 12.7. The Morgan fingerprint density at radius 3 is 2.90 bits per heavy atom. The molecule has 3 rings (SSSR count). The molecule has 1 atom stereocenters. The van der Waals surface area contributed by atoms with Gasteiger partial charge in [-0.05, 0) is 42.3 Å². The molecule has 0 fully saturated rings. The summed E-state index contributed by atoms with van der Waals surface area (Å²) in [6, 6.07) is 8.20. The summed E-state index contributed by atoms with van der Waals surface area (Å²) >= 11 is 1.67. The van der Waals surface area contributed by atoms with Crippen LogP contribution in [-0.2, 0) is 6.42 Å². The number of nitrogens with zero attached hydrogens (tertiary/aromatic N) is 1. The summed E-state index contributed by atoms with van der Waals surface area (Å²) in [5, 5.41) is 13.1. The Bertz CT molecular complexity index is 677. The van der Waals surface area contributed by atoms with Crippen LogP contribution in [-0.4, -0.2) is 10.7 Å². The molecule has 0 N–H and O–H groups in total. The maximum absolute atomic E-state index is 12.7. The standard InChI is InChI=1S/C15H13NO3S/c17-15(12-4-1-2-6-13(12)16(18)19)11-5-3-7-14-10(11)8-9-20-14/h1-2,4,6,8-9,11H,3,5,7H2. The number of aryl methyl sites for hydroxylation is 1. The van der Waals surface area contributed by atoms with E-state index in [1.54, 1.807) is 29.5 Å². The molecule has 20 heavy (non-hydrogen) atoms. The third kappa shape index (κ3) is 2.14. The van der Waals surface area contributed by atoms with Gasteiger partial charge >= 0.3 is 0 Å². The first kappa shape index (κ1) is 13.0. The molecule has 1 aliphatic carbocycles. The molecule has 0 spiro atoms. The van der Waals surface area contributed by atoms with Crippen LogP contribution in [0.1, 0.15) is 39.6 Å². The van der Waals surface area contributed by atoms with E-state index in [0.29, 0.717) is 0 Å². The number of para-hydroxylation sites is 1. The molecule has 0 radical (unpaired) electrons. The zero-order valence-corrected chi connectivity index (χ0v) is 11.6. The van der Waals surface area contributed by atoms with Gasteiger partial charge in [-0.25, -0.2) is 0 Å². The number of Topliss-reactive ketones (excluding diaryl/α,β-unsaturated/α-hetero) is 1. The van der Waals surface area contributed by atoms with Gasteiger partial charge in [-0.15, -0.1) is 11.3 Å². The SMILES string of the molecule is O=C(c1ccccc1[N+](=O)[O-])C1CCCc2sccc21. The third-order valence-electron chi connectivity index (χ3n) is 3.73. The average Bonchev–Trinajstić information content (AvgIpc) is 2.94. The van der Waals surface area contributed by atoms with Crippen LogP contribution in [0, 0.1) is 10.1 Å². The molecular weight excluding hydrogens is 274 g/mol. The molecule has 2 aromatic rings. The Morgan fingerprint density at radius 1 is 1.30 bits per heavy atom. The molecule has 102 valence electrons. The Kier molecular flexibility index (Phi) is 3.36. The number of nitro benzene ring substituents is 1. The summed E-state index contributed by atoms with van der Waals surface area (Å²) in [6.07, 6.45) is 2.74. The minimum Gasteiger partial charge on any atom is -0.293 e. The fourth-order valence-corrected chi connectivity index (χ4v) is 3.78. The van der Waals surface area contributed by atoms with Crippen molar-refractivity contribution >= 4 is 22.8 Å². The van der Waals surface area contributed by atoms with Crippen molar-refractivity contribution in [3.05, 3.63) is 61.8 Å². The molecule has 1 unspecified atom stereocenters. The van der Waals surface area contributed by atoms with Gasteiger partial charge in [-0.1, -0.05) is 12.1 Å². The van der Waals surface area contributed by atoms with Crippen molar-refractivity contribution < 1.29 is 9.72 Å². The molecule has 1 aromatic carbocycles. The Morgan fingerprint density at radius 2 is 2.10 bits per heavy atom. The van der Waals surface area contributed by atoms with Crippen molar-refractivity contribution in [3.8, 4) is 0 Å². The lowest BCUT2D eigenvalue weighted by Crippen LogP contribution is -2.18. The largest absolute Gasteiger partial charge is 0.293 e. The Labute approximate surface area is 120 Å². The van der Waals surface area contributed by atoms with E-state index >= 15 is 0 Å². The molecule has 1 aromatic heterocycles. The average molecular weight is 287 g/mol. The molecule has 0 amide bonds. The fraction of sp³-hybridized carbons (Fsp3) is 0.267. The number of thiophene rings is 1. The minimum absolute atomic E-state index is 0.0974. The monoisotopic (exact) mass is 287 g/mol. The molecule has 4 nitrogen and oxygen atoms in total. The van der Waals surface area contributed by atoms with Gasteiger partial charge in [0.05, 0.1) is 10.5 Å². The quantitative estimate of drug-likeness (QED) is 0.487. The van der Waals surface area contributed by atoms with Gasteiger partial charge in [0, 0.05) is 16.9 Å². The lowest BCUT2D eigenvalue weighted by molar-refractivity contribution is -0.385. The van der Waals surface area contributed by atoms with E-state index in [1.807, 2.05) is 11.4 Å². The summed E-state index contributed by atoms with van der Waals surface area (Å²) in [5.74, 6) is -0.359. The number of carbonyl (C=O) groups is 1. The second-order valence-electron chi connectivity index (χ2n) is 4.88. The van der Waals surface area contributed by atoms with Gasteiger partial charge < -0.3 is 0 Å². The number of ketones is 1. The molecule has 0 saturated heterocycles. The molecule has 5 heteroatoms. The lowest BCUT2D eigenvalue weighted by atomic mass is 9.82. The highest BCUT2D eigenvalue weighted by molar-refractivity contribution is 7.10. The van der Waals surface area contributed by atoms with Crippen LogP contribution in [0.5, 0.6) is 0 Å². The Hall–Kier alpha value is -2.01. The summed E-state index contributed by atoms with van der Waals surface area (Å²) in [6.45, 7) is 0. The summed E-state index contributed by atoms with van der Waals surface area (Å²) in [7, 11) is 0. The number of fused-ring (bicyclic) bond motifs is 1. The number of nitro groups is 1. The van der Waals surface area contributed by atoms with E-state index in [9.17, 15) is 14.9 Å². The van der Waals surface area contributed by atoms with Gasteiger partial charge in [0.2, 0.25) is 0 Å². The third-order valence-corrected chi connectivity index (χ3v) is 4.73. The van der Waals surface area contributed by atoms with Crippen LogP contribution < -0.4 is 0 Å². The van der Waals surface area contributed by atoms with E-state index in [2.05, 4.69) is 0 Å². The topological polar surface area (TPSA) is 60.2 Å². The number of hydrogen-bond donors (Lipinski definition) is 0. The van der Waals surface area contributed by atoms with Gasteiger partial charge in [-0.2, -0.15) is 0 Å². The van der Waals surface area contributed by atoms with E-state index in [1.165, 1.54) is 10.9 Å². The van der Waals surface area contributed by atoms with Crippen LogP contribution >= 0.6 is 11.3 Å². The predicted octanol–water partition coefficient (Wildman–Crippen LogP) is 3.96. The number of benzene rings is 1. The second-order valence-corrected chi connectivity index (χ2v) is 5.88. The van der Waals surface area contributed by atoms with Crippen molar-refractivity contribution in [3.63, 3.8) is 0 Å². The van der Waals surface area contributed by atoms with Crippen LogP contribution in [0.2, 0.25) is 0 Å². The van der Waals surface area contributed by atoms with Crippen LogP contribution in [0.25, 0.3) is 0 Å². The van der Waals surface area contributed by atoms with Crippen molar-refractivity contribution in [1.82, 2.24) is 0 Å². The maximum Gasteiger partial charge on any atom is 0.280 e. The molecule has 0 saturated carbocycles. The van der Waals surface area contributed by atoms with Crippen LogP contribution in [0.15, 0.2) is 35.7 Å². The number of carbonyl (C=O) groups excluding carboxylic acids is 1. The first-order chi connectivity index (χ1) is 9.68. The number of hydrogen-bond acceptors (Lipinski definition) is 4. The van der Waals surface area contributed by atoms with E-state index in [0.717, 1.165) is 24.8 Å². The lowest BCUT2D eigenvalue weighted by Gasteiger charge is -2.21. The van der Waals surface area contributed by atoms with Crippen LogP contribution in [0.3, 0.4) is 0 Å². The number of rotatable bonds is 3. The van der Waals surface area contributed by atoms with Crippen molar-refractivity contribution in [2.45, 2.75) is 25.2 Å². The molecule has 0 bridgehead atoms. The molecule has 1 heterocycles. The second kappa shape index (κ2) is 5.17. The minimum atomic E-state index is -0.482. The highest BCUT2D eigenvalue weighted by Crippen LogP contribution is 2.38. The van der Waals surface area contributed by atoms with Gasteiger partial charge in [0.1, 0.15) is 0 Å². The van der Waals surface area contributed by atoms with Gasteiger partial charge in [-0.3, -0.25) is 14.9 Å². The molecule has 0 aliphatic heterocycles. The predicted molar refractivity (Wildman–Crippen MR) is 77.4 cm³/mol. The highest BCUT2D eigenvalue weighted by Gasteiger charge is 2.31. The van der Waals surface area contributed by atoms with Gasteiger partial charge in [0.15, 0.2) is 5.78 Å². The molecule has 1 aliphatic rings. The van der Waals surface area contributed by atoms with E-state index in [4.69, 9.17) is 0 Å². The first-order valence-corrected chi connectivity index (χ1v) is 7.40. The fourth-order valence-electron chi connectivity index (χ4n) is 2.79.